The molecule has 0 bridgehead atoms. The topological polar surface area (TPSA) is 65.7 Å². The minimum Gasteiger partial charge on any atom is -0.374 e. The number of hydrogen-bond acceptors (Lipinski definition) is 3. The summed E-state index contributed by atoms with van der Waals surface area (Å²) < 4.78 is 41.8. The van der Waals surface area contributed by atoms with E-state index in [1.54, 1.807) is 0 Å². The van der Waals surface area contributed by atoms with E-state index in [1.165, 1.54) is 24.0 Å². The zero-order chi connectivity index (χ0) is 19.4. The molecule has 6 nitrogen and oxygen atoms in total. The Balaban J connectivity index is 0.00000364. The Kier molecular flexibility index (Phi) is 8.84. The molecule has 1 aliphatic heterocycles. The fourth-order valence-corrected chi connectivity index (χ4v) is 3.11. The SMILES string of the molecule is CCNC(=NCCC(O)(c1nccn1C)C(F)(F)F)N1CCC(C)CC1.I. The third-order valence-electron chi connectivity index (χ3n) is 4.81. The van der Waals surface area contributed by atoms with Gasteiger partial charge >= 0.3 is 6.18 Å². The number of nitrogens with one attached hydrogen (secondary N) is 1. The summed E-state index contributed by atoms with van der Waals surface area (Å²) in [5.74, 6) is 0.827. The second-order valence-electron chi connectivity index (χ2n) is 6.88. The van der Waals surface area contributed by atoms with E-state index in [9.17, 15) is 18.3 Å². The molecule has 2 rings (SSSR count). The Morgan fingerprint density at radius 2 is 2.00 bits per heavy atom. The van der Waals surface area contributed by atoms with Gasteiger partial charge in [0.25, 0.3) is 0 Å². The van der Waals surface area contributed by atoms with Crippen LogP contribution in [0.5, 0.6) is 0 Å². The van der Waals surface area contributed by atoms with E-state index in [4.69, 9.17) is 0 Å². The van der Waals surface area contributed by atoms with Gasteiger partial charge in [0.1, 0.15) is 5.82 Å². The molecule has 1 unspecified atom stereocenters. The second-order valence-corrected chi connectivity index (χ2v) is 6.88. The van der Waals surface area contributed by atoms with Crippen LogP contribution in [-0.2, 0) is 12.6 Å². The molecule has 0 aliphatic carbocycles. The van der Waals surface area contributed by atoms with Gasteiger partial charge in [-0.25, -0.2) is 4.98 Å². The van der Waals surface area contributed by atoms with Gasteiger partial charge in [-0.05, 0) is 25.7 Å². The highest BCUT2D eigenvalue weighted by Gasteiger charge is 2.57. The summed E-state index contributed by atoms with van der Waals surface area (Å²) in [6.45, 7) is 6.25. The van der Waals surface area contributed by atoms with Crippen LogP contribution < -0.4 is 5.32 Å². The Morgan fingerprint density at radius 3 is 2.48 bits per heavy atom. The van der Waals surface area contributed by atoms with Gasteiger partial charge in [-0.2, -0.15) is 13.2 Å². The third kappa shape index (κ3) is 5.72. The predicted octanol–water partition coefficient (Wildman–Crippen LogP) is 2.88. The summed E-state index contributed by atoms with van der Waals surface area (Å²) in [5, 5.41) is 13.5. The number of imidazole rings is 1. The third-order valence-corrected chi connectivity index (χ3v) is 4.81. The minimum atomic E-state index is -4.83. The van der Waals surface area contributed by atoms with Gasteiger partial charge < -0.3 is 19.9 Å². The predicted molar refractivity (Wildman–Crippen MR) is 109 cm³/mol. The van der Waals surface area contributed by atoms with E-state index in [0.717, 1.165) is 25.9 Å². The van der Waals surface area contributed by atoms with Crippen molar-refractivity contribution >= 4 is 29.9 Å². The molecule has 1 aromatic heterocycles. The number of aliphatic imine (C=N–C) groups is 1. The maximum Gasteiger partial charge on any atom is 0.424 e. The molecule has 27 heavy (non-hydrogen) atoms. The maximum absolute atomic E-state index is 13.5. The molecule has 10 heteroatoms. The molecule has 1 fully saturated rings. The number of aryl methyl sites for hydroxylation is 1. The Hall–Kier alpha value is -1.04. The van der Waals surface area contributed by atoms with Crippen LogP contribution in [0.15, 0.2) is 17.4 Å². The number of aromatic nitrogens is 2. The highest BCUT2D eigenvalue weighted by molar-refractivity contribution is 14.0. The van der Waals surface area contributed by atoms with Crippen LogP contribution in [0.2, 0.25) is 0 Å². The van der Waals surface area contributed by atoms with Crippen molar-refractivity contribution in [3.63, 3.8) is 0 Å². The Labute approximate surface area is 175 Å². The van der Waals surface area contributed by atoms with E-state index in [1.807, 2.05) is 6.92 Å². The molecule has 2 N–H and O–H groups in total. The van der Waals surface area contributed by atoms with E-state index >= 15 is 0 Å². The highest BCUT2D eigenvalue weighted by atomic mass is 127. The van der Waals surface area contributed by atoms with E-state index in [2.05, 4.69) is 27.1 Å². The van der Waals surface area contributed by atoms with Crippen LogP contribution in [0.4, 0.5) is 13.2 Å². The lowest BCUT2D eigenvalue weighted by molar-refractivity contribution is -0.272. The zero-order valence-electron chi connectivity index (χ0n) is 16.0. The molecule has 2 heterocycles. The van der Waals surface area contributed by atoms with Gasteiger partial charge in [-0.1, -0.05) is 6.92 Å². The van der Waals surface area contributed by atoms with E-state index in [0.29, 0.717) is 18.4 Å². The number of nitrogens with zero attached hydrogens (tertiary/aromatic N) is 4. The van der Waals surface area contributed by atoms with Crippen molar-refractivity contribution in [3.8, 4) is 0 Å². The summed E-state index contributed by atoms with van der Waals surface area (Å²) in [5.41, 5.74) is -3.03. The molecule has 0 saturated carbocycles. The standard InChI is InChI=1S/C17H28F3N5O.HI/c1-4-21-15(25-10-5-13(2)6-11-25)23-8-7-16(26,17(18,19)20)14-22-9-12-24(14)3;/h9,12-13,26H,4-8,10-11H2,1-3H3,(H,21,23);1H. The van der Waals surface area contributed by atoms with Gasteiger partial charge in [0.05, 0.1) is 0 Å². The van der Waals surface area contributed by atoms with Crippen LogP contribution in [0.25, 0.3) is 0 Å². The summed E-state index contributed by atoms with van der Waals surface area (Å²) in [6.07, 6.45) is -0.724. The van der Waals surface area contributed by atoms with Crippen LogP contribution in [0.1, 0.15) is 38.9 Å². The van der Waals surface area contributed by atoms with Gasteiger partial charge in [0.2, 0.25) is 5.60 Å². The van der Waals surface area contributed by atoms with Crippen LogP contribution in [0, 0.1) is 5.92 Å². The molecule has 1 aliphatic rings. The summed E-state index contributed by atoms with van der Waals surface area (Å²) in [6, 6.07) is 0. The van der Waals surface area contributed by atoms with Crippen molar-refractivity contribution in [3.05, 3.63) is 18.2 Å². The molecular formula is C17H29F3IN5O. The normalized spacial score (nSPS) is 18.8. The maximum atomic E-state index is 13.5. The van der Waals surface area contributed by atoms with Crippen molar-refractivity contribution in [1.82, 2.24) is 19.8 Å². The fourth-order valence-electron chi connectivity index (χ4n) is 3.11. The van der Waals surface area contributed by atoms with Gasteiger partial charge in [-0.15, -0.1) is 24.0 Å². The molecular weight excluding hydrogens is 474 g/mol. The Morgan fingerprint density at radius 1 is 1.37 bits per heavy atom. The number of aliphatic hydroxyl groups is 1. The average molecular weight is 503 g/mol. The number of likely N-dealkylation sites (tertiary alicyclic amines) is 1. The largest absolute Gasteiger partial charge is 0.424 e. The van der Waals surface area contributed by atoms with Crippen molar-refractivity contribution in [1.29, 1.82) is 0 Å². The first-order valence-electron chi connectivity index (χ1n) is 8.99. The van der Waals surface area contributed by atoms with Gasteiger partial charge in [-0.3, -0.25) is 4.99 Å². The first kappa shape index (κ1) is 24.0. The minimum absolute atomic E-state index is 0. The van der Waals surface area contributed by atoms with Crippen molar-refractivity contribution in [2.24, 2.45) is 18.0 Å². The molecule has 156 valence electrons. The number of piperidine rings is 1. The fraction of sp³-hybridized carbons (Fsp3) is 0.765. The summed E-state index contributed by atoms with van der Waals surface area (Å²) in [4.78, 5) is 10.1. The molecule has 0 radical (unpaired) electrons. The van der Waals surface area contributed by atoms with Crippen LogP contribution in [0.3, 0.4) is 0 Å². The zero-order valence-corrected chi connectivity index (χ0v) is 18.3. The molecule has 1 atom stereocenters. The number of halogens is 4. The van der Waals surface area contributed by atoms with Crippen molar-refractivity contribution < 1.29 is 18.3 Å². The van der Waals surface area contributed by atoms with Crippen LogP contribution >= 0.6 is 24.0 Å². The highest BCUT2D eigenvalue weighted by Crippen LogP contribution is 2.40. The smallest absolute Gasteiger partial charge is 0.374 e. The Bertz CT molecular complexity index is 614. The molecule has 0 aromatic carbocycles. The van der Waals surface area contributed by atoms with Crippen molar-refractivity contribution in [2.75, 3.05) is 26.2 Å². The lowest BCUT2D eigenvalue weighted by atomic mass is 9.97. The number of guanidine groups is 1. The number of alkyl halides is 3. The van der Waals surface area contributed by atoms with E-state index < -0.39 is 24.0 Å². The lowest BCUT2D eigenvalue weighted by Gasteiger charge is -2.33. The van der Waals surface area contributed by atoms with Gasteiger partial charge in [0, 0.05) is 52.0 Å². The first-order chi connectivity index (χ1) is 12.2. The average Bonchev–Trinajstić information content (AvgIpc) is 3.00. The number of rotatable bonds is 5. The summed E-state index contributed by atoms with van der Waals surface area (Å²) in [7, 11) is 1.43. The number of hydrogen-bond donors (Lipinski definition) is 2. The monoisotopic (exact) mass is 503 g/mol. The first-order valence-corrected chi connectivity index (χ1v) is 8.99. The molecule has 0 amide bonds. The lowest BCUT2D eigenvalue weighted by Crippen LogP contribution is -2.47. The van der Waals surface area contributed by atoms with Crippen LogP contribution in [-0.4, -0.2) is 57.9 Å². The molecule has 1 aromatic rings. The van der Waals surface area contributed by atoms with E-state index in [-0.39, 0.29) is 30.5 Å². The summed E-state index contributed by atoms with van der Waals surface area (Å²) >= 11 is 0. The molecule has 1 saturated heterocycles. The quantitative estimate of drug-likeness (QED) is 0.369. The van der Waals surface area contributed by atoms with Gasteiger partial charge in [0.15, 0.2) is 5.96 Å². The molecule has 0 spiro atoms. The van der Waals surface area contributed by atoms with Crippen molar-refractivity contribution in [2.45, 2.75) is 44.9 Å². The second kappa shape index (κ2) is 9.94.